The smallest absolute Gasteiger partial charge is 0.306 e. The van der Waals surface area contributed by atoms with Crippen LogP contribution in [-0.2, 0) is 32.7 Å². The zero-order chi connectivity index (χ0) is 59.8. The summed E-state index contributed by atoms with van der Waals surface area (Å²) in [6.07, 6.45) is 90.4. The van der Waals surface area contributed by atoms with Gasteiger partial charge in [-0.3, -0.25) is 14.2 Å². The molecule has 0 saturated heterocycles. The highest BCUT2D eigenvalue weighted by Gasteiger charge is 2.22. The maximum absolute atomic E-state index is 12.8. The molecule has 82 heavy (non-hydrogen) atoms. The van der Waals surface area contributed by atoms with Crippen LogP contribution in [0.1, 0.15) is 245 Å². The first kappa shape index (κ1) is 77.9. The van der Waals surface area contributed by atoms with Crippen LogP contribution >= 0.6 is 7.82 Å². The van der Waals surface area contributed by atoms with Gasteiger partial charge in [0.2, 0.25) is 0 Å². The summed E-state index contributed by atoms with van der Waals surface area (Å²) in [5, 5.41) is 0. The van der Waals surface area contributed by atoms with E-state index in [4.69, 9.17) is 18.5 Å². The van der Waals surface area contributed by atoms with Gasteiger partial charge in [0.1, 0.15) is 19.8 Å². The molecule has 10 heteroatoms. The molecule has 466 valence electrons. The summed E-state index contributed by atoms with van der Waals surface area (Å²) in [7, 11) is 1.14. The Morgan fingerprint density at radius 3 is 0.976 bits per heavy atom. The second-order valence-corrected chi connectivity index (χ2v) is 23.8. The number of carbonyl (C=O) groups excluding carboxylic acids is 2. The van der Waals surface area contributed by atoms with Crippen LogP contribution in [0.4, 0.5) is 0 Å². The van der Waals surface area contributed by atoms with Gasteiger partial charge in [-0.1, -0.05) is 262 Å². The molecule has 0 fully saturated rings. The summed E-state index contributed by atoms with van der Waals surface area (Å²) in [6.45, 7) is 4.00. The van der Waals surface area contributed by atoms with E-state index < -0.39 is 32.5 Å². The molecule has 0 aliphatic carbocycles. The first-order chi connectivity index (χ1) is 40.0. The van der Waals surface area contributed by atoms with Crippen molar-refractivity contribution in [3.63, 3.8) is 0 Å². The Kier molecular flexibility index (Phi) is 58.4. The highest BCUT2D eigenvalue weighted by molar-refractivity contribution is 7.45. The van der Waals surface area contributed by atoms with Crippen molar-refractivity contribution in [3.8, 4) is 0 Å². The van der Waals surface area contributed by atoms with Gasteiger partial charge in [0.25, 0.3) is 7.82 Å². The molecule has 0 aliphatic rings. The van der Waals surface area contributed by atoms with Gasteiger partial charge in [-0.25, -0.2) is 0 Å². The van der Waals surface area contributed by atoms with Crippen molar-refractivity contribution in [2.24, 2.45) is 0 Å². The molecule has 2 unspecified atom stereocenters. The molecule has 0 aromatic rings. The number of esters is 2. The molecule has 9 nitrogen and oxygen atoms in total. The molecule has 0 saturated carbocycles. The summed E-state index contributed by atoms with van der Waals surface area (Å²) < 4.78 is 34.2. The maximum atomic E-state index is 12.8. The van der Waals surface area contributed by atoms with Crippen molar-refractivity contribution >= 4 is 19.8 Å². The Labute approximate surface area is 503 Å². The number of rotatable bonds is 58. The number of quaternary nitrogens is 1. The Bertz CT molecular complexity index is 1890. The molecule has 0 N–H and O–H groups in total. The van der Waals surface area contributed by atoms with Gasteiger partial charge in [0.15, 0.2) is 6.10 Å². The molecule has 0 bridgehead atoms. The van der Waals surface area contributed by atoms with E-state index in [1.165, 1.54) is 77.0 Å². The van der Waals surface area contributed by atoms with E-state index in [9.17, 15) is 19.0 Å². The lowest BCUT2D eigenvalue weighted by atomic mass is 10.0. The largest absolute Gasteiger partial charge is 0.756 e. The highest BCUT2D eigenvalue weighted by Crippen LogP contribution is 2.38. The van der Waals surface area contributed by atoms with Crippen molar-refractivity contribution in [2.45, 2.75) is 251 Å². The SMILES string of the molecule is CC/C=C\C/C=C\C/C=C\C/C=C\C/C=C\C/C=C\C/C=C\C/C=C\CCCCCCCCCCCCC(=O)OC(COC(=O)CCCCCCCCCCCC/C=C\C/C=C\C/C=C\C/C=C\CC)COP(=O)([O-])OCC[N+](C)(C)C. The standard InChI is InChI=1S/C72H120NO8P/c1-6-8-10-12-14-16-18-20-22-24-26-28-30-31-32-33-34-35-36-37-38-39-40-41-43-45-47-49-51-53-55-57-59-61-63-65-72(75)81-70(69-80-82(76,77)79-67-66-73(3,4)5)68-78-71(74)64-62-60-58-56-54-52-50-48-46-44-42-29-27-25-23-21-19-17-15-13-11-9-7-2/h8-11,14-17,20-23,26-29,31-32,34-35,37-38,40-41,70H,6-7,12-13,18-19,24-25,30,33,36,39,42-69H2,1-5H3/b10-8-,11-9-,16-14-,17-15-,22-20-,23-21-,28-26-,29-27-,32-31-,35-34-,38-37-,41-40-. The van der Waals surface area contributed by atoms with Crippen LogP contribution in [0.2, 0.25) is 0 Å². The maximum Gasteiger partial charge on any atom is 0.306 e. The lowest BCUT2D eigenvalue weighted by molar-refractivity contribution is -0.870. The number of phosphoric acid groups is 1. The quantitative estimate of drug-likeness (QED) is 0.0195. The third-order valence-corrected chi connectivity index (χ3v) is 14.3. The Morgan fingerprint density at radius 2 is 0.659 bits per heavy atom. The molecule has 0 aromatic carbocycles. The van der Waals surface area contributed by atoms with E-state index in [2.05, 4.69) is 160 Å². The Hall–Kier alpha value is -4.11. The molecule has 0 radical (unpaired) electrons. The third-order valence-electron chi connectivity index (χ3n) is 13.4. The van der Waals surface area contributed by atoms with Crippen LogP contribution in [0.3, 0.4) is 0 Å². The normalized spacial score (nSPS) is 14.2. The van der Waals surface area contributed by atoms with Crippen LogP contribution < -0.4 is 4.89 Å². The fourth-order valence-electron chi connectivity index (χ4n) is 8.43. The summed E-state index contributed by atoms with van der Waals surface area (Å²) in [5.74, 6) is -0.850. The van der Waals surface area contributed by atoms with Crippen molar-refractivity contribution in [1.82, 2.24) is 0 Å². The van der Waals surface area contributed by atoms with Crippen LogP contribution in [-0.4, -0.2) is 70.0 Å². The molecular formula is C72H120NO8P. The minimum Gasteiger partial charge on any atom is -0.756 e. The number of ether oxygens (including phenoxy) is 2. The molecular weight excluding hydrogens is 1040 g/mol. The van der Waals surface area contributed by atoms with E-state index in [0.29, 0.717) is 17.4 Å². The lowest BCUT2D eigenvalue weighted by Crippen LogP contribution is -2.37. The Balaban J connectivity index is 4.15. The van der Waals surface area contributed by atoms with E-state index in [1.807, 2.05) is 21.1 Å². The Morgan fingerprint density at radius 1 is 0.378 bits per heavy atom. The molecule has 0 aromatic heterocycles. The fraction of sp³-hybridized carbons (Fsp3) is 0.639. The van der Waals surface area contributed by atoms with E-state index in [0.717, 1.165) is 135 Å². The van der Waals surface area contributed by atoms with Crippen molar-refractivity contribution < 1.29 is 42.1 Å². The number of hydrogen-bond acceptors (Lipinski definition) is 8. The highest BCUT2D eigenvalue weighted by atomic mass is 31.2. The molecule has 0 amide bonds. The lowest BCUT2D eigenvalue weighted by Gasteiger charge is -2.28. The van der Waals surface area contributed by atoms with Gasteiger partial charge < -0.3 is 27.9 Å². The number of likely N-dealkylation sites (N-methyl/N-ethyl adjacent to an activating group) is 1. The number of carbonyl (C=O) groups is 2. The van der Waals surface area contributed by atoms with Gasteiger partial charge in [-0.2, -0.15) is 0 Å². The molecule has 2 atom stereocenters. The zero-order valence-electron chi connectivity index (χ0n) is 52.9. The summed E-state index contributed by atoms with van der Waals surface area (Å²) >= 11 is 0. The van der Waals surface area contributed by atoms with Crippen LogP contribution in [0, 0.1) is 0 Å². The number of hydrogen-bond donors (Lipinski definition) is 0. The first-order valence-corrected chi connectivity index (χ1v) is 34.0. The third kappa shape index (κ3) is 65.0. The van der Waals surface area contributed by atoms with Crippen LogP contribution in [0.25, 0.3) is 0 Å². The van der Waals surface area contributed by atoms with Gasteiger partial charge in [0, 0.05) is 12.8 Å². The predicted molar refractivity (Wildman–Crippen MR) is 350 cm³/mol. The minimum absolute atomic E-state index is 0.0396. The van der Waals surface area contributed by atoms with E-state index in [1.54, 1.807) is 0 Å². The van der Waals surface area contributed by atoms with Crippen LogP contribution in [0.5, 0.6) is 0 Å². The van der Waals surface area contributed by atoms with Gasteiger partial charge in [-0.15, -0.1) is 0 Å². The average molecular weight is 1160 g/mol. The topological polar surface area (TPSA) is 111 Å². The molecule has 0 rings (SSSR count). The number of allylic oxidation sites excluding steroid dienone is 24. The number of unbranched alkanes of at least 4 members (excludes halogenated alkanes) is 20. The monoisotopic (exact) mass is 1160 g/mol. The van der Waals surface area contributed by atoms with Crippen molar-refractivity contribution in [1.29, 1.82) is 0 Å². The zero-order valence-corrected chi connectivity index (χ0v) is 53.8. The minimum atomic E-state index is -4.65. The second kappa shape index (κ2) is 61.5. The summed E-state index contributed by atoms with van der Waals surface area (Å²) in [4.78, 5) is 38.0. The summed E-state index contributed by atoms with van der Waals surface area (Å²) in [6, 6.07) is 0. The average Bonchev–Trinajstić information content (AvgIpc) is 3.45. The van der Waals surface area contributed by atoms with Crippen molar-refractivity contribution in [3.05, 3.63) is 146 Å². The number of nitrogens with zero attached hydrogens (tertiary/aromatic N) is 1. The van der Waals surface area contributed by atoms with Crippen molar-refractivity contribution in [2.75, 3.05) is 47.5 Å². The molecule has 0 heterocycles. The van der Waals surface area contributed by atoms with E-state index >= 15 is 0 Å². The van der Waals surface area contributed by atoms with Gasteiger partial charge in [0.05, 0.1) is 27.7 Å². The fourth-order valence-corrected chi connectivity index (χ4v) is 9.16. The van der Waals surface area contributed by atoms with Gasteiger partial charge >= 0.3 is 11.9 Å². The number of phosphoric ester groups is 1. The second-order valence-electron chi connectivity index (χ2n) is 22.4. The van der Waals surface area contributed by atoms with E-state index in [-0.39, 0.29) is 26.1 Å². The predicted octanol–water partition coefficient (Wildman–Crippen LogP) is 20.4. The van der Waals surface area contributed by atoms with Crippen LogP contribution in [0.15, 0.2) is 146 Å². The molecule has 0 spiro atoms. The molecule has 0 aliphatic heterocycles. The first-order valence-electron chi connectivity index (χ1n) is 32.5. The van der Waals surface area contributed by atoms with Gasteiger partial charge in [-0.05, 0) is 116 Å². The summed E-state index contributed by atoms with van der Waals surface area (Å²) in [5.41, 5.74) is 0.